The van der Waals surface area contributed by atoms with E-state index in [2.05, 4.69) is 18.7 Å². The fourth-order valence-electron chi connectivity index (χ4n) is 2.55. The molecule has 2 N–H and O–H groups in total. The zero-order chi connectivity index (χ0) is 13.3. The Bertz CT molecular complexity index is 412. The molecule has 1 aromatic rings. The third kappa shape index (κ3) is 2.82. The van der Waals surface area contributed by atoms with E-state index in [-0.39, 0.29) is 24.1 Å². The maximum Gasteiger partial charge on any atom is 0.123 e. The Hall–Kier alpha value is -1.13. The first-order valence-corrected chi connectivity index (χ1v) is 6.43. The van der Waals surface area contributed by atoms with Gasteiger partial charge in [-0.05, 0) is 44.5 Å². The van der Waals surface area contributed by atoms with Crippen molar-refractivity contribution >= 4 is 5.69 Å². The minimum absolute atomic E-state index is 0.177. The van der Waals surface area contributed by atoms with Crippen molar-refractivity contribution in [2.45, 2.75) is 39.0 Å². The molecule has 0 bridgehead atoms. The monoisotopic (exact) mass is 252 g/mol. The maximum atomic E-state index is 13.3. The summed E-state index contributed by atoms with van der Waals surface area (Å²) in [6, 6.07) is 4.67. The number of halogens is 1. The maximum absolute atomic E-state index is 13.3. The molecular weight excluding hydrogens is 231 g/mol. The molecule has 18 heavy (non-hydrogen) atoms. The highest BCUT2D eigenvalue weighted by Gasteiger charge is 2.24. The fraction of sp³-hybridized carbons (Fsp3) is 0.571. The van der Waals surface area contributed by atoms with Crippen molar-refractivity contribution in [1.29, 1.82) is 0 Å². The van der Waals surface area contributed by atoms with Crippen LogP contribution in [0.1, 0.15) is 32.4 Å². The summed E-state index contributed by atoms with van der Waals surface area (Å²) in [5.41, 5.74) is 7.81. The van der Waals surface area contributed by atoms with Crippen LogP contribution in [0.25, 0.3) is 0 Å². The minimum atomic E-state index is -0.236. The highest BCUT2D eigenvalue weighted by molar-refractivity contribution is 5.55. The Morgan fingerprint density at radius 2 is 1.94 bits per heavy atom. The lowest BCUT2D eigenvalue weighted by Crippen LogP contribution is -2.46. The van der Waals surface area contributed by atoms with Gasteiger partial charge in [-0.15, -0.1) is 0 Å². The number of anilines is 1. The number of nitrogens with two attached hydrogens (primary N) is 1. The summed E-state index contributed by atoms with van der Waals surface area (Å²) >= 11 is 0. The standard InChI is InChI=1S/C14H21FN2O/c1-9-7-17(8-10(2)18-9)14-5-4-12(15)6-13(14)11(3)16/h4-6,9-11H,7-8,16H2,1-3H3/t9-,10+,11?. The van der Waals surface area contributed by atoms with Gasteiger partial charge < -0.3 is 15.4 Å². The Morgan fingerprint density at radius 1 is 1.33 bits per heavy atom. The number of rotatable bonds is 2. The van der Waals surface area contributed by atoms with Crippen molar-refractivity contribution in [2.75, 3.05) is 18.0 Å². The van der Waals surface area contributed by atoms with Crippen molar-refractivity contribution < 1.29 is 9.13 Å². The summed E-state index contributed by atoms with van der Waals surface area (Å²) in [4.78, 5) is 2.23. The van der Waals surface area contributed by atoms with E-state index in [0.717, 1.165) is 24.3 Å². The number of nitrogens with zero attached hydrogens (tertiary/aromatic N) is 1. The molecule has 1 fully saturated rings. The molecule has 0 aromatic heterocycles. The molecule has 0 radical (unpaired) electrons. The topological polar surface area (TPSA) is 38.5 Å². The first kappa shape index (κ1) is 13.3. The van der Waals surface area contributed by atoms with Gasteiger partial charge in [0.25, 0.3) is 0 Å². The fourth-order valence-corrected chi connectivity index (χ4v) is 2.55. The van der Waals surface area contributed by atoms with Crippen LogP contribution in [0, 0.1) is 5.82 Å². The van der Waals surface area contributed by atoms with Crippen molar-refractivity contribution in [2.24, 2.45) is 5.73 Å². The Labute approximate surface area is 108 Å². The average Bonchev–Trinajstić information content (AvgIpc) is 2.27. The smallest absolute Gasteiger partial charge is 0.123 e. The van der Waals surface area contributed by atoms with Crippen LogP contribution in [0.15, 0.2) is 18.2 Å². The zero-order valence-corrected chi connectivity index (χ0v) is 11.2. The second-order valence-corrected chi connectivity index (χ2v) is 5.15. The lowest BCUT2D eigenvalue weighted by Gasteiger charge is -2.38. The van der Waals surface area contributed by atoms with Crippen molar-refractivity contribution in [3.63, 3.8) is 0 Å². The predicted molar refractivity (Wildman–Crippen MR) is 71.2 cm³/mol. The van der Waals surface area contributed by atoms with Crippen LogP contribution in [0.2, 0.25) is 0 Å². The molecule has 4 heteroatoms. The molecule has 1 aliphatic rings. The molecular formula is C14H21FN2O. The van der Waals surface area contributed by atoms with E-state index in [1.807, 2.05) is 13.0 Å². The van der Waals surface area contributed by atoms with Crippen LogP contribution in [0.3, 0.4) is 0 Å². The molecule has 2 rings (SSSR count). The predicted octanol–water partition coefficient (Wildman–Crippen LogP) is 2.46. The van der Waals surface area contributed by atoms with Gasteiger partial charge >= 0.3 is 0 Å². The first-order chi connectivity index (χ1) is 8.47. The van der Waals surface area contributed by atoms with E-state index in [1.54, 1.807) is 0 Å². The highest BCUT2D eigenvalue weighted by Crippen LogP contribution is 2.28. The molecule has 100 valence electrons. The number of hydrogen-bond donors (Lipinski definition) is 1. The lowest BCUT2D eigenvalue weighted by molar-refractivity contribution is -0.00527. The Balaban J connectivity index is 2.32. The molecule has 0 spiro atoms. The molecule has 1 heterocycles. The summed E-state index contributed by atoms with van der Waals surface area (Å²) in [7, 11) is 0. The molecule has 1 aromatic carbocycles. The van der Waals surface area contributed by atoms with Crippen LogP contribution < -0.4 is 10.6 Å². The largest absolute Gasteiger partial charge is 0.372 e. The van der Waals surface area contributed by atoms with E-state index < -0.39 is 0 Å². The van der Waals surface area contributed by atoms with Gasteiger partial charge in [0, 0.05) is 24.8 Å². The molecule has 3 nitrogen and oxygen atoms in total. The molecule has 3 atom stereocenters. The summed E-state index contributed by atoms with van der Waals surface area (Å²) < 4.78 is 19.0. The van der Waals surface area contributed by atoms with Gasteiger partial charge in [-0.25, -0.2) is 4.39 Å². The summed E-state index contributed by atoms with van der Waals surface area (Å²) in [6.45, 7) is 7.62. The molecule has 1 saturated heterocycles. The van der Waals surface area contributed by atoms with Gasteiger partial charge in [-0.3, -0.25) is 0 Å². The lowest BCUT2D eigenvalue weighted by atomic mass is 10.0. The van der Waals surface area contributed by atoms with E-state index in [9.17, 15) is 4.39 Å². The third-order valence-electron chi connectivity index (χ3n) is 3.24. The number of hydrogen-bond acceptors (Lipinski definition) is 3. The summed E-state index contributed by atoms with van der Waals surface area (Å²) in [6.07, 6.45) is 0.361. The number of morpholine rings is 1. The third-order valence-corrected chi connectivity index (χ3v) is 3.24. The van der Waals surface area contributed by atoms with Gasteiger partial charge in [-0.1, -0.05) is 0 Å². The van der Waals surface area contributed by atoms with Crippen molar-refractivity contribution in [1.82, 2.24) is 0 Å². The van der Waals surface area contributed by atoms with E-state index in [4.69, 9.17) is 10.5 Å². The van der Waals surface area contributed by atoms with Gasteiger partial charge in [0.2, 0.25) is 0 Å². The minimum Gasteiger partial charge on any atom is -0.372 e. The van der Waals surface area contributed by atoms with Crippen LogP contribution in [0.4, 0.5) is 10.1 Å². The van der Waals surface area contributed by atoms with Crippen LogP contribution in [-0.4, -0.2) is 25.3 Å². The van der Waals surface area contributed by atoms with Crippen LogP contribution >= 0.6 is 0 Å². The SMILES string of the molecule is CC(N)c1cc(F)ccc1N1C[C@@H](C)O[C@@H](C)C1. The second-order valence-electron chi connectivity index (χ2n) is 5.15. The quantitative estimate of drug-likeness (QED) is 0.878. The van der Waals surface area contributed by atoms with E-state index in [1.165, 1.54) is 12.1 Å². The van der Waals surface area contributed by atoms with Crippen molar-refractivity contribution in [3.05, 3.63) is 29.6 Å². The Kier molecular flexibility index (Phi) is 3.88. The van der Waals surface area contributed by atoms with Gasteiger partial charge in [-0.2, -0.15) is 0 Å². The van der Waals surface area contributed by atoms with Crippen molar-refractivity contribution in [3.8, 4) is 0 Å². The number of ether oxygens (including phenoxy) is 1. The normalized spacial score (nSPS) is 26.2. The second kappa shape index (κ2) is 5.24. The van der Waals surface area contributed by atoms with Crippen LogP contribution in [0.5, 0.6) is 0 Å². The molecule has 1 unspecified atom stereocenters. The molecule has 0 aliphatic carbocycles. The Morgan fingerprint density at radius 3 is 2.50 bits per heavy atom. The average molecular weight is 252 g/mol. The zero-order valence-electron chi connectivity index (χ0n) is 11.2. The first-order valence-electron chi connectivity index (χ1n) is 6.43. The van der Waals surface area contributed by atoms with Gasteiger partial charge in [0.1, 0.15) is 5.82 Å². The van der Waals surface area contributed by atoms with Crippen LogP contribution in [-0.2, 0) is 4.74 Å². The molecule has 0 saturated carbocycles. The van der Waals surface area contributed by atoms with Gasteiger partial charge in [0.05, 0.1) is 12.2 Å². The van der Waals surface area contributed by atoms with E-state index in [0.29, 0.717) is 0 Å². The number of benzene rings is 1. The molecule has 0 amide bonds. The summed E-state index contributed by atoms with van der Waals surface area (Å²) in [5.74, 6) is -0.236. The molecule has 1 aliphatic heterocycles. The van der Waals surface area contributed by atoms with E-state index >= 15 is 0 Å². The summed E-state index contributed by atoms with van der Waals surface area (Å²) in [5, 5.41) is 0. The highest BCUT2D eigenvalue weighted by atomic mass is 19.1. The van der Waals surface area contributed by atoms with Gasteiger partial charge in [0.15, 0.2) is 0 Å².